The average molecular weight is 390 g/mol. The molecule has 2 aromatic heterocycles. The van der Waals surface area contributed by atoms with E-state index in [0.717, 1.165) is 39.6 Å². The molecule has 1 aliphatic rings. The van der Waals surface area contributed by atoms with Crippen LogP contribution in [0, 0.1) is 0 Å². The molecule has 1 saturated heterocycles. The summed E-state index contributed by atoms with van der Waals surface area (Å²) in [5.41, 5.74) is 8.37. The SMILES string of the molecule is Nc1nc2cc(Br)ccc2c2[nH]c([C@H]3CCCN(C(=O)O)C3)nc12. The number of anilines is 1. The number of nitrogens with one attached hydrogen (secondary N) is 1. The zero-order valence-electron chi connectivity index (χ0n) is 12.8. The Morgan fingerprint density at radius 3 is 3.04 bits per heavy atom. The van der Waals surface area contributed by atoms with E-state index in [9.17, 15) is 9.90 Å². The van der Waals surface area contributed by atoms with E-state index < -0.39 is 6.09 Å². The van der Waals surface area contributed by atoms with Gasteiger partial charge in [0.05, 0.1) is 11.0 Å². The lowest BCUT2D eigenvalue weighted by Crippen LogP contribution is -2.38. The van der Waals surface area contributed by atoms with Crippen molar-refractivity contribution in [2.75, 3.05) is 18.8 Å². The number of hydrogen-bond acceptors (Lipinski definition) is 4. The van der Waals surface area contributed by atoms with E-state index in [1.807, 2.05) is 18.2 Å². The number of nitrogens with two attached hydrogens (primary N) is 1. The molecular formula is C16H16BrN5O2. The average Bonchev–Trinajstić information content (AvgIpc) is 3.01. The molecule has 3 aromatic rings. The Hall–Kier alpha value is -2.35. The quantitative estimate of drug-likeness (QED) is 0.591. The number of H-pyrrole nitrogens is 1. The Morgan fingerprint density at radius 1 is 1.42 bits per heavy atom. The summed E-state index contributed by atoms with van der Waals surface area (Å²) in [5, 5.41) is 10.2. The minimum absolute atomic E-state index is 0.0483. The first-order chi connectivity index (χ1) is 11.5. The van der Waals surface area contributed by atoms with Crippen LogP contribution in [0.5, 0.6) is 0 Å². The lowest BCUT2D eigenvalue weighted by molar-refractivity contribution is 0.129. The van der Waals surface area contributed by atoms with E-state index in [4.69, 9.17) is 5.73 Å². The number of aromatic nitrogens is 3. The number of nitrogen functional groups attached to an aromatic ring is 1. The van der Waals surface area contributed by atoms with Crippen molar-refractivity contribution in [3.63, 3.8) is 0 Å². The Labute approximate surface area is 146 Å². The Balaban J connectivity index is 1.82. The molecule has 0 radical (unpaired) electrons. The predicted molar refractivity (Wildman–Crippen MR) is 95.1 cm³/mol. The Morgan fingerprint density at radius 2 is 2.25 bits per heavy atom. The van der Waals surface area contributed by atoms with Crippen molar-refractivity contribution in [2.45, 2.75) is 18.8 Å². The predicted octanol–water partition coefficient (Wildman–Crippen LogP) is 3.31. The lowest BCUT2D eigenvalue weighted by atomic mass is 9.98. The highest BCUT2D eigenvalue weighted by molar-refractivity contribution is 9.10. The summed E-state index contributed by atoms with van der Waals surface area (Å²) < 4.78 is 0.936. The van der Waals surface area contributed by atoms with Crippen LogP contribution in [0.2, 0.25) is 0 Å². The van der Waals surface area contributed by atoms with Gasteiger partial charge in [0.25, 0.3) is 0 Å². The van der Waals surface area contributed by atoms with Gasteiger partial charge in [-0.15, -0.1) is 0 Å². The first-order valence-corrected chi connectivity index (χ1v) is 8.54. The lowest BCUT2D eigenvalue weighted by Gasteiger charge is -2.29. The molecule has 0 aliphatic carbocycles. The van der Waals surface area contributed by atoms with E-state index >= 15 is 0 Å². The highest BCUT2D eigenvalue weighted by Crippen LogP contribution is 2.32. The maximum absolute atomic E-state index is 11.2. The second kappa shape index (κ2) is 5.62. The molecule has 0 saturated carbocycles. The van der Waals surface area contributed by atoms with Crippen molar-refractivity contribution in [3.05, 3.63) is 28.5 Å². The zero-order valence-corrected chi connectivity index (χ0v) is 14.4. The molecule has 0 spiro atoms. The van der Waals surface area contributed by atoms with Gasteiger partial charge >= 0.3 is 6.09 Å². The van der Waals surface area contributed by atoms with E-state index in [1.54, 1.807) is 0 Å². The molecular weight excluding hydrogens is 374 g/mol. The number of aromatic amines is 1. The van der Waals surface area contributed by atoms with Crippen molar-refractivity contribution in [2.24, 2.45) is 0 Å². The molecule has 7 nitrogen and oxygen atoms in total. The van der Waals surface area contributed by atoms with E-state index in [1.165, 1.54) is 4.90 Å². The Bertz CT molecular complexity index is 954. The number of benzene rings is 1. The van der Waals surface area contributed by atoms with Gasteiger partial charge in [0, 0.05) is 28.9 Å². The third-order valence-corrected chi connectivity index (χ3v) is 5.01. The van der Waals surface area contributed by atoms with Gasteiger partial charge in [-0.2, -0.15) is 0 Å². The highest BCUT2D eigenvalue weighted by atomic mass is 79.9. The molecule has 24 heavy (non-hydrogen) atoms. The van der Waals surface area contributed by atoms with Crippen LogP contribution >= 0.6 is 15.9 Å². The van der Waals surface area contributed by atoms with Crippen LogP contribution in [0.1, 0.15) is 24.6 Å². The number of fused-ring (bicyclic) bond motifs is 3. The third kappa shape index (κ3) is 2.47. The number of rotatable bonds is 1. The van der Waals surface area contributed by atoms with Gasteiger partial charge in [-0.3, -0.25) is 0 Å². The van der Waals surface area contributed by atoms with Crippen molar-refractivity contribution in [1.82, 2.24) is 19.9 Å². The van der Waals surface area contributed by atoms with Crippen molar-refractivity contribution >= 4 is 49.8 Å². The number of carboxylic acid groups (broad SMARTS) is 1. The molecule has 4 rings (SSSR count). The Kier molecular flexibility index (Phi) is 3.56. The minimum Gasteiger partial charge on any atom is -0.465 e. The van der Waals surface area contributed by atoms with Gasteiger partial charge in [0.1, 0.15) is 11.3 Å². The van der Waals surface area contributed by atoms with Crippen molar-refractivity contribution in [1.29, 1.82) is 0 Å². The largest absolute Gasteiger partial charge is 0.465 e. The molecule has 1 aromatic carbocycles. The van der Waals surface area contributed by atoms with Crippen LogP contribution in [-0.2, 0) is 0 Å². The van der Waals surface area contributed by atoms with Gasteiger partial charge in [-0.25, -0.2) is 14.8 Å². The smallest absolute Gasteiger partial charge is 0.407 e. The highest BCUT2D eigenvalue weighted by Gasteiger charge is 2.27. The number of amides is 1. The second-order valence-corrected chi connectivity index (χ2v) is 6.99. The van der Waals surface area contributed by atoms with Crippen LogP contribution in [0.4, 0.5) is 10.6 Å². The fraction of sp³-hybridized carbons (Fsp3) is 0.312. The van der Waals surface area contributed by atoms with Gasteiger partial charge < -0.3 is 20.7 Å². The summed E-state index contributed by atoms with van der Waals surface area (Å²) in [5.74, 6) is 1.20. The standard InChI is InChI=1S/C16H16BrN5O2/c17-9-3-4-10-11(6-9)19-14(18)13-12(10)20-15(21-13)8-2-1-5-22(7-8)16(23)24/h3-4,6,8H,1-2,5,7H2,(H2,18,19)(H,20,21)(H,23,24)/t8-/m0/s1. The molecule has 1 aliphatic heterocycles. The summed E-state index contributed by atoms with van der Waals surface area (Å²) in [6.45, 7) is 1.03. The summed E-state index contributed by atoms with van der Waals surface area (Å²) in [4.78, 5) is 25.1. The number of pyridine rings is 1. The monoisotopic (exact) mass is 389 g/mol. The van der Waals surface area contributed by atoms with Crippen LogP contribution in [0.15, 0.2) is 22.7 Å². The van der Waals surface area contributed by atoms with Gasteiger partial charge in [0.15, 0.2) is 5.82 Å². The number of piperidine rings is 1. The normalized spacial score (nSPS) is 18.4. The van der Waals surface area contributed by atoms with Crippen molar-refractivity contribution in [3.8, 4) is 0 Å². The first kappa shape index (κ1) is 15.2. The maximum Gasteiger partial charge on any atom is 0.407 e. The molecule has 1 fully saturated rings. The fourth-order valence-electron chi connectivity index (χ4n) is 3.33. The third-order valence-electron chi connectivity index (χ3n) is 4.51. The summed E-state index contributed by atoms with van der Waals surface area (Å²) in [6.07, 6.45) is 0.850. The molecule has 4 N–H and O–H groups in total. The first-order valence-electron chi connectivity index (χ1n) is 7.75. The summed E-state index contributed by atoms with van der Waals surface area (Å²) in [6, 6.07) is 5.84. The molecule has 0 bridgehead atoms. The zero-order chi connectivity index (χ0) is 16.8. The van der Waals surface area contributed by atoms with E-state index in [0.29, 0.717) is 24.4 Å². The number of likely N-dealkylation sites (tertiary alicyclic amines) is 1. The minimum atomic E-state index is -0.882. The maximum atomic E-state index is 11.2. The van der Waals surface area contributed by atoms with Gasteiger partial charge in [-0.1, -0.05) is 15.9 Å². The molecule has 1 amide bonds. The molecule has 124 valence electrons. The topological polar surface area (TPSA) is 108 Å². The summed E-state index contributed by atoms with van der Waals surface area (Å²) in [7, 11) is 0. The van der Waals surface area contributed by atoms with Crippen LogP contribution in [-0.4, -0.2) is 44.1 Å². The fourth-order valence-corrected chi connectivity index (χ4v) is 3.68. The number of hydrogen-bond donors (Lipinski definition) is 3. The van der Waals surface area contributed by atoms with Crippen LogP contribution in [0.25, 0.3) is 21.9 Å². The van der Waals surface area contributed by atoms with Crippen molar-refractivity contribution < 1.29 is 9.90 Å². The molecule has 1 atom stereocenters. The number of halogens is 1. The molecule has 3 heterocycles. The number of imidazole rings is 1. The molecule has 8 heteroatoms. The van der Waals surface area contributed by atoms with Gasteiger partial charge in [0.2, 0.25) is 0 Å². The molecule has 0 unspecified atom stereocenters. The second-order valence-electron chi connectivity index (χ2n) is 6.07. The van der Waals surface area contributed by atoms with Crippen LogP contribution in [0.3, 0.4) is 0 Å². The van der Waals surface area contributed by atoms with E-state index in [-0.39, 0.29) is 5.92 Å². The number of carbonyl (C=O) groups is 1. The summed E-state index contributed by atoms with van der Waals surface area (Å²) >= 11 is 3.44. The van der Waals surface area contributed by atoms with Gasteiger partial charge in [-0.05, 0) is 31.0 Å². The van der Waals surface area contributed by atoms with E-state index in [2.05, 4.69) is 30.9 Å². The number of nitrogens with zero attached hydrogens (tertiary/aromatic N) is 3. The van der Waals surface area contributed by atoms with Crippen LogP contribution < -0.4 is 5.73 Å².